The third kappa shape index (κ3) is 3.38. The molecule has 144 valence electrons. The van der Waals surface area contributed by atoms with Crippen LogP contribution in [0.2, 0.25) is 0 Å². The molecule has 5 aromatic rings. The molecule has 0 spiro atoms. The Hall–Kier alpha value is -4.11. The van der Waals surface area contributed by atoms with Gasteiger partial charge in [-0.1, -0.05) is 66.7 Å². The predicted octanol–water partition coefficient (Wildman–Crippen LogP) is 6.65. The standard InChI is InChI=1S/C27H19NO2/c29-23-15-22(16-24(30)17-23)20-7-5-18(6-8-20)19-9-11-21(12-10-19)25-13-14-28-27-4-2-1-3-26(25)27/h1-17,29-30H. The van der Waals surface area contributed by atoms with Crippen LogP contribution in [0.5, 0.6) is 11.5 Å². The van der Waals surface area contributed by atoms with Gasteiger partial charge in [0.05, 0.1) is 5.52 Å². The summed E-state index contributed by atoms with van der Waals surface area (Å²) in [6, 6.07) is 31.4. The zero-order chi connectivity index (χ0) is 20.5. The number of rotatable bonds is 3. The van der Waals surface area contributed by atoms with Crippen molar-refractivity contribution < 1.29 is 10.2 Å². The van der Waals surface area contributed by atoms with Crippen molar-refractivity contribution in [3.63, 3.8) is 0 Å². The van der Waals surface area contributed by atoms with E-state index >= 15 is 0 Å². The summed E-state index contributed by atoms with van der Waals surface area (Å²) in [4.78, 5) is 4.45. The van der Waals surface area contributed by atoms with Gasteiger partial charge in [-0.3, -0.25) is 4.98 Å². The van der Waals surface area contributed by atoms with Gasteiger partial charge in [-0.05, 0) is 57.6 Å². The van der Waals surface area contributed by atoms with E-state index in [1.807, 2.05) is 48.7 Å². The second kappa shape index (κ2) is 7.37. The van der Waals surface area contributed by atoms with E-state index in [9.17, 15) is 10.2 Å². The van der Waals surface area contributed by atoms with Crippen molar-refractivity contribution in [1.82, 2.24) is 4.98 Å². The van der Waals surface area contributed by atoms with Crippen molar-refractivity contribution in [3.05, 3.63) is 103 Å². The van der Waals surface area contributed by atoms with Crippen LogP contribution in [-0.4, -0.2) is 15.2 Å². The van der Waals surface area contributed by atoms with Crippen molar-refractivity contribution in [1.29, 1.82) is 0 Å². The van der Waals surface area contributed by atoms with Gasteiger partial charge in [0, 0.05) is 17.6 Å². The van der Waals surface area contributed by atoms with Gasteiger partial charge in [0.25, 0.3) is 0 Å². The highest BCUT2D eigenvalue weighted by Crippen LogP contribution is 2.32. The summed E-state index contributed by atoms with van der Waals surface area (Å²) in [6.07, 6.45) is 1.85. The molecule has 1 heterocycles. The summed E-state index contributed by atoms with van der Waals surface area (Å²) >= 11 is 0. The number of aromatic hydroxyl groups is 2. The number of fused-ring (bicyclic) bond motifs is 1. The lowest BCUT2D eigenvalue weighted by Gasteiger charge is -2.09. The lowest BCUT2D eigenvalue weighted by atomic mass is 9.97. The fourth-order valence-corrected chi connectivity index (χ4v) is 3.81. The summed E-state index contributed by atoms with van der Waals surface area (Å²) in [7, 11) is 0. The van der Waals surface area contributed by atoms with Crippen LogP contribution in [-0.2, 0) is 0 Å². The zero-order valence-electron chi connectivity index (χ0n) is 16.2. The molecule has 0 aliphatic carbocycles. The number of phenolic OH excluding ortho intramolecular Hbond substituents is 2. The first-order valence-corrected chi connectivity index (χ1v) is 9.75. The molecule has 0 radical (unpaired) electrons. The molecule has 0 amide bonds. The minimum absolute atomic E-state index is 0.0494. The molecule has 4 aromatic carbocycles. The number of nitrogens with zero attached hydrogens (tertiary/aromatic N) is 1. The predicted molar refractivity (Wildman–Crippen MR) is 121 cm³/mol. The number of phenols is 2. The summed E-state index contributed by atoms with van der Waals surface area (Å²) < 4.78 is 0. The smallest absolute Gasteiger partial charge is 0.119 e. The molecule has 3 heteroatoms. The maximum absolute atomic E-state index is 9.71. The molecular weight excluding hydrogens is 370 g/mol. The highest BCUT2D eigenvalue weighted by atomic mass is 16.3. The number of aromatic nitrogens is 1. The molecule has 3 nitrogen and oxygen atoms in total. The molecule has 0 aliphatic heterocycles. The van der Waals surface area contributed by atoms with Crippen LogP contribution in [0.25, 0.3) is 44.3 Å². The Morgan fingerprint density at radius 2 is 1.03 bits per heavy atom. The van der Waals surface area contributed by atoms with E-state index in [4.69, 9.17) is 0 Å². The third-order valence-electron chi connectivity index (χ3n) is 5.30. The van der Waals surface area contributed by atoms with E-state index in [2.05, 4.69) is 41.4 Å². The molecule has 1 aromatic heterocycles. The van der Waals surface area contributed by atoms with E-state index in [1.165, 1.54) is 11.6 Å². The maximum atomic E-state index is 9.71. The molecule has 0 bridgehead atoms. The van der Waals surface area contributed by atoms with Crippen molar-refractivity contribution >= 4 is 10.9 Å². The minimum Gasteiger partial charge on any atom is -0.508 e. The van der Waals surface area contributed by atoms with Crippen LogP contribution in [0.15, 0.2) is 103 Å². The topological polar surface area (TPSA) is 53.4 Å². The Labute approximate surface area is 174 Å². The summed E-state index contributed by atoms with van der Waals surface area (Å²) in [5.74, 6) is 0.0987. The zero-order valence-corrected chi connectivity index (χ0v) is 16.2. The Morgan fingerprint density at radius 3 is 1.67 bits per heavy atom. The van der Waals surface area contributed by atoms with Crippen LogP contribution in [0.1, 0.15) is 0 Å². The van der Waals surface area contributed by atoms with Gasteiger partial charge < -0.3 is 10.2 Å². The third-order valence-corrected chi connectivity index (χ3v) is 5.30. The molecular formula is C27H19NO2. The van der Waals surface area contributed by atoms with Gasteiger partial charge in [-0.15, -0.1) is 0 Å². The summed E-state index contributed by atoms with van der Waals surface area (Å²) in [5.41, 5.74) is 7.27. The van der Waals surface area contributed by atoms with E-state index < -0.39 is 0 Å². The van der Waals surface area contributed by atoms with Crippen LogP contribution >= 0.6 is 0 Å². The Balaban J connectivity index is 1.45. The molecule has 0 fully saturated rings. The number of hydrogen-bond acceptors (Lipinski definition) is 3. The Morgan fingerprint density at radius 1 is 0.500 bits per heavy atom. The second-order valence-corrected chi connectivity index (χ2v) is 7.27. The number of benzene rings is 4. The molecule has 0 atom stereocenters. The van der Waals surface area contributed by atoms with Crippen molar-refractivity contribution in [2.45, 2.75) is 0 Å². The highest BCUT2D eigenvalue weighted by molar-refractivity contribution is 5.94. The first-order chi connectivity index (χ1) is 14.7. The van der Waals surface area contributed by atoms with E-state index in [0.717, 1.165) is 38.7 Å². The van der Waals surface area contributed by atoms with Crippen molar-refractivity contribution in [3.8, 4) is 44.9 Å². The second-order valence-electron chi connectivity index (χ2n) is 7.27. The highest BCUT2D eigenvalue weighted by Gasteiger charge is 2.06. The average molecular weight is 389 g/mol. The molecule has 0 unspecified atom stereocenters. The van der Waals surface area contributed by atoms with Gasteiger partial charge in [0.2, 0.25) is 0 Å². The maximum Gasteiger partial charge on any atom is 0.119 e. The molecule has 0 saturated heterocycles. The van der Waals surface area contributed by atoms with Gasteiger partial charge in [-0.2, -0.15) is 0 Å². The van der Waals surface area contributed by atoms with Crippen LogP contribution < -0.4 is 0 Å². The van der Waals surface area contributed by atoms with Crippen LogP contribution in [0, 0.1) is 0 Å². The SMILES string of the molecule is Oc1cc(O)cc(-c2ccc(-c3ccc(-c4ccnc5ccccc45)cc3)cc2)c1. The van der Waals surface area contributed by atoms with E-state index in [-0.39, 0.29) is 11.5 Å². The largest absolute Gasteiger partial charge is 0.508 e. The Kier molecular flexibility index (Phi) is 4.41. The van der Waals surface area contributed by atoms with E-state index in [0.29, 0.717) is 0 Å². The number of pyridine rings is 1. The minimum atomic E-state index is 0.0494. The monoisotopic (exact) mass is 389 g/mol. The molecule has 0 aliphatic rings. The van der Waals surface area contributed by atoms with Gasteiger partial charge in [0.1, 0.15) is 11.5 Å². The van der Waals surface area contributed by atoms with Gasteiger partial charge in [-0.25, -0.2) is 0 Å². The van der Waals surface area contributed by atoms with Crippen LogP contribution in [0.3, 0.4) is 0 Å². The first kappa shape index (κ1) is 18.0. The van der Waals surface area contributed by atoms with Crippen molar-refractivity contribution in [2.24, 2.45) is 0 Å². The lowest BCUT2D eigenvalue weighted by molar-refractivity contribution is 0.451. The van der Waals surface area contributed by atoms with Gasteiger partial charge >= 0.3 is 0 Å². The fraction of sp³-hybridized carbons (Fsp3) is 0. The number of hydrogen-bond donors (Lipinski definition) is 2. The van der Waals surface area contributed by atoms with Crippen molar-refractivity contribution in [2.75, 3.05) is 0 Å². The summed E-state index contributed by atoms with van der Waals surface area (Å²) in [6.45, 7) is 0. The molecule has 30 heavy (non-hydrogen) atoms. The lowest BCUT2D eigenvalue weighted by Crippen LogP contribution is -1.85. The normalized spacial score (nSPS) is 10.9. The summed E-state index contributed by atoms with van der Waals surface area (Å²) in [5, 5.41) is 20.6. The first-order valence-electron chi connectivity index (χ1n) is 9.75. The van der Waals surface area contributed by atoms with Gasteiger partial charge in [0.15, 0.2) is 0 Å². The molecule has 0 saturated carbocycles. The van der Waals surface area contributed by atoms with Crippen LogP contribution in [0.4, 0.5) is 0 Å². The number of para-hydroxylation sites is 1. The fourth-order valence-electron chi connectivity index (χ4n) is 3.81. The molecule has 5 rings (SSSR count). The Bertz CT molecular complexity index is 1310. The quantitative estimate of drug-likeness (QED) is 0.363. The molecule has 2 N–H and O–H groups in total. The average Bonchev–Trinajstić information content (AvgIpc) is 2.78. The van der Waals surface area contributed by atoms with E-state index in [1.54, 1.807) is 12.1 Å².